The van der Waals surface area contributed by atoms with Crippen LogP contribution in [0.4, 0.5) is 18.9 Å². The molecule has 32 heavy (non-hydrogen) atoms. The molecule has 1 N–H and O–H groups in total. The maximum absolute atomic E-state index is 12.9. The number of nitrogens with one attached hydrogen (secondary N) is 1. The average molecular weight is 484 g/mol. The van der Waals surface area contributed by atoms with Gasteiger partial charge in [-0.05, 0) is 48.5 Å². The van der Waals surface area contributed by atoms with Crippen molar-refractivity contribution in [2.24, 2.45) is 0 Å². The lowest BCUT2D eigenvalue weighted by molar-refractivity contribution is -0.137. The lowest BCUT2D eigenvalue weighted by Crippen LogP contribution is -2.15. The van der Waals surface area contributed by atoms with E-state index >= 15 is 0 Å². The Morgan fingerprint density at radius 1 is 1.03 bits per heavy atom. The molecule has 0 spiro atoms. The summed E-state index contributed by atoms with van der Waals surface area (Å²) >= 11 is 6.98. The summed E-state index contributed by atoms with van der Waals surface area (Å²) in [5, 5.41) is 11.1. The first kappa shape index (κ1) is 23.7. The molecule has 168 valence electrons. The smallest absolute Gasteiger partial charge is 0.416 e. The number of alkyl halides is 3. The van der Waals surface area contributed by atoms with Crippen molar-refractivity contribution in [3.8, 4) is 22.8 Å². The molecule has 0 saturated heterocycles. The highest BCUT2D eigenvalue weighted by atomic mass is 35.5. The van der Waals surface area contributed by atoms with Crippen molar-refractivity contribution in [2.75, 3.05) is 25.3 Å². The fourth-order valence-corrected chi connectivity index (χ4v) is 3.45. The van der Waals surface area contributed by atoms with Gasteiger partial charge in [0.05, 0.1) is 41.9 Å². The molecule has 0 atom stereocenters. The lowest BCUT2D eigenvalue weighted by atomic mass is 10.1. The van der Waals surface area contributed by atoms with E-state index in [2.05, 4.69) is 15.5 Å². The van der Waals surface area contributed by atoms with Crippen molar-refractivity contribution in [3.05, 3.63) is 59.1 Å². The van der Waals surface area contributed by atoms with Gasteiger partial charge in [0, 0.05) is 5.56 Å². The Hall–Kier alpha value is -2.98. The van der Waals surface area contributed by atoms with Crippen LogP contribution in [0.3, 0.4) is 0 Å². The minimum Gasteiger partial charge on any atom is -0.493 e. The van der Waals surface area contributed by atoms with Gasteiger partial charge in [-0.15, -0.1) is 10.2 Å². The van der Waals surface area contributed by atoms with E-state index in [1.165, 1.54) is 7.11 Å². The highest BCUT2D eigenvalue weighted by Crippen LogP contribution is 2.34. The van der Waals surface area contributed by atoms with E-state index in [9.17, 15) is 18.0 Å². The van der Waals surface area contributed by atoms with Crippen LogP contribution in [0.15, 0.2) is 53.6 Å². The zero-order valence-electron chi connectivity index (χ0n) is 16.9. The second-order valence-corrected chi connectivity index (χ2v) is 7.76. The molecular formula is C21H17ClF3N3O3S. The van der Waals surface area contributed by atoms with Gasteiger partial charge >= 0.3 is 6.18 Å². The zero-order valence-corrected chi connectivity index (χ0v) is 18.4. The number of nitrogens with zero attached hydrogens (tertiary/aromatic N) is 2. The molecule has 0 saturated carbocycles. The summed E-state index contributed by atoms with van der Waals surface area (Å²) in [6.07, 6.45) is -4.54. The van der Waals surface area contributed by atoms with Crippen molar-refractivity contribution in [1.29, 1.82) is 0 Å². The first-order chi connectivity index (χ1) is 15.2. The number of halogens is 4. The number of hydrogen-bond acceptors (Lipinski definition) is 6. The summed E-state index contributed by atoms with van der Waals surface area (Å²) in [7, 11) is 3.07. The number of thioether (sulfide) groups is 1. The van der Waals surface area contributed by atoms with Crippen LogP contribution in [0.25, 0.3) is 11.3 Å². The van der Waals surface area contributed by atoms with E-state index in [4.69, 9.17) is 21.1 Å². The number of aromatic nitrogens is 2. The van der Waals surface area contributed by atoms with E-state index in [1.807, 2.05) is 6.07 Å². The highest BCUT2D eigenvalue weighted by molar-refractivity contribution is 7.99. The number of carbonyl (C=O) groups is 1. The molecule has 11 heteroatoms. The predicted molar refractivity (Wildman–Crippen MR) is 116 cm³/mol. The molecule has 0 aliphatic rings. The molecule has 2 aromatic carbocycles. The normalized spacial score (nSPS) is 11.2. The van der Waals surface area contributed by atoms with E-state index in [-0.39, 0.29) is 16.5 Å². The molecule has 0 aliphatic heterocycles. The highest BCUT2D eigenvalue weighted by Gasteiger charge is 2.31. The summed E-state index contributed by atoms with van der Waals surface area (Å²) < 4.78 is 49.0. The van der Waals surface area contributed by atoms with Crippen LogP contribution in [0.2, 0.25) is 5.02 Å². The summed E-state index contributed by atoms with van der Waals surface area (Å²) in [4.78, 5) is 12.2. The van der Waals surface area contributed by atoms with Crippen LogP contribution >= 0.6 is 23.4 Å². The number of anilines is 1. The largest absolute Gasteiger partial charge is 0.493 e. The second kappa shape index (κ2) is 10.1. The first-order valence-corrected chi connectivity index (χ1v) is 10.4. The van der Waals surface area contributed by atoms with Gasteiger partial charge in [-0.25, -0.2) is 0 Å². The summed E-state index contributed by atoms with van der Waals surface area (Å²) in [5.41, 5.74) is 0.350. The van der Waals surface area contributed by atoms with Crippen LogP contribution in [-0.4, -0.2) is 36.1 Å². The third kappa shape index (κ3) is 5.83. The van der Waals surface area contributed by atoms with Gasteiger partial charge in [0.2, 0.25) is 5.91 Å². The molecule has 1 aromatic heterocycles. The number of rotatable bonds is 7. The molecule has 1 amide bonds. The molecule has 3 rings (SSSR count). The van der Waals surface area contributed by atoms with E-state index in [0.717, 1.165) is 35.5 Å². The number of amides is 1. The van der Waals surface area contributed by atoms with Gasteiger partial charge in [-0.3, -0.25) is 4.79 Å². The number of benzene rings is 2. The Kier molecular flexibility index (Phi) is 7.47. The standard InChI is InChI=1S/C21H17ClF3N3O3S/c1-30-17-7-3-12(9-18(17)31-2)15-6-8-20(28-27-15)32-11-19(29)26-16-10-13(21(23,24)25)4-5-14(16)22/h3-10H,11H2,1-2H3,(H,26,29). The first-order valence-electron chi connectivity index (χ1n) is 9.07. The number of ether oxygens (including phenoxy) is 2. The quantitative estimate of drug-likeness (QED) is 0.443. The monoisotopic (exact) mass is 483 g/mol. The van der Waals surface area contributed by atoms with E-state index in [1.54, 1.807) is 31.4 Å². The molecule has 1 heterocycles. The van der Waals surface area contributed by atoms with E-state index in [0.29, 0.717) is 22.2 Å². The van der Waals surface area contributed by atoms with Crippen molar-refractivity contribution >= 4 is 35.0 Å². The second-order valence-electron chi connectivity index (χ2n) is 6.36. The molecule has 0 bridgehead atoms. The van der Waals surface area contributed by atoms with Crippen molar-refractivity contribution in [3.63, 3.8) is 0 Å². The zero-order chi connectivity index (χ0) is 23.3. The molecule has 0 radical (unpaired) electrons. The molecule has 6 nitrogen and oxygen atoms in total. The minimum absolute atomic E-state index is 0.00964. The summed E-state index contributed by atoms with van der Waals surface area (Å²) in [6.45, 7) is 0. The van der Waals surface area contributed by atoms with Crippen molar-refractivity contribution < 1.29 is 27.4 Å². The summed E-state index contributed by atoms with van der Waals surface area (Å²) in [6, 6.07) is 11.5. The SMILES string of the molecule is COc1ccc(-c2ccc(SCC(=O)Nc3cc(C(F)(F)F)ccc3Cl)nn2)cc1OC. The van der Waals surface area contributed by atoms with Gasteiger partial charge in [-0.1, -0.05) is 23.4 Å². The minimum atomic E-state index is -4.54. The average Bonchev–Trinajstić information content (AvgIpc) is 2.78. The fraction of sp³-hybridized carbons (Fsp3) is 0.190. The van der Waals surface area contributed by atoms with Gasteiger partial charge in [0.25, 0.3) is 0 Å². The molecule has 0 unspecified atom stereocenters. The molecule has 3 aromatic rings. The third-order valence-electron chi connectivity index (χ3n) is 4.24. The van der Waals surface area contributed by atoms with Crippen LogP contribution < -0.4 is 14.8 Å². The Balaban J connectivity index is 1.63. The number of methoxy groups -OCH3 is 2. The topological polar surface area (TPSA) is 73.3 Å². The van der Waals surface area contributed by atoms with Crippen LogP contribution in [0, 0.1) is 0 Å². The van der Waals surface area contributed by atoms with Gasteiger partial charge in [-0.2, -0.15) is 13.2 Å². The fourth-order valence-electron chi connectivity index (χ4n) is 2.67. The Morgan fingerprint density at radius 2 is 1.78 bits per heavy atom. The number of hydrogen-bond donors (Lipinski definition) is 1. The van der Waals surface area contributed by atoms with Gasteiger partial charge in [0.15, 0.2) is 11.5 Å². The molecule has 0 fully saturated rings. The molecule has 0 aliphatic carbocycles. The van der Waals surface area contributed by atoms with Crippen molar-refractivity contribution in [1.82, 2.24) is 10.2 Å². The maximum atomic E-state index is 12.9. The maximum Gasteiger partial charge on any atom is 0.416 e. The van der Waals surface area contributed by atoms with Crippen LogP contribution in [-0.2, 0) is 11.0 Å². The van der Waals surface area contributed by atoms with Crippen molar-refractivity contribution in [2.45, 2.75) is 11.2 Å². The third-order valence-corrected chi connectivity index (χ3v) is 5.49. The molecular weight excluding hydrogens is 467 g/mol. The predicted octanol–water partition coefficient (Wildman–Crippen LogP) is 5.56. The van der Waals surface area contributed by atoms with Gasteiger partial charge in [0.1, 0.15) is 5.03 Å². The Labute approximate surface area is 191 Å². The Bertz CT molecular complexity index is 1110. The van der Waals surface area contributed by atoms with Gasteiger partial charge < -0.3 is 14.8 Å². The number of carbonyl (C=O) groups excluding carboxylic acids is 1. The Morgan fingerprint density at radius 3 is 2.41 bits per heavy atom. The van der Waals surface area contributed by atoms with Crippen LogP contribution in [0.1, 0.15) is 5.56 Å². The van der Waals surface area contributed by atoms with E-state index < -0.39 is 17.6 Å². The summed E-state index contributed by atoms with van der Waals surface area (Å²) in [5.74, 6) is 0.525. The van der Waals surface area contributed by atoms with Crippen LogP contribution in [0.5, 0.6) is 11.5 Å². The lowest BCUT2D eigenvalue weighted by Gasteiger charge is -2.11.